The molecule has 0 atom stereocenters. The molecule has 0 aromatic carbocycles. The van der Waals surface area contributed by atoms with E-state index in [2.05, 4.69) is 20.5 Å². The molecule has 0 saturated carbocycles. The summed E-state index contributed by atoms with van der Waals surface area (Å²) in [5.41, 5.74) is 0.174. The Morgan fingerprint density at radius 1 is 1.45 bits per heavy atom. The zero-order valence-electron chi connectivity index (χ0n) is 10.2. The number of hydrogen-bond donors (Lipinski definition) is 2. The van der Waals surface area contributed by atoms with Gasteiger partial charge in [-0.2, -0.15) is 9.78 Å². The second kappa shape index (κ2) is 5.88. The minimum atomic E-state index is -0.701. The molecule has 2 N–H and O–H groups in total. The van der Waals surface area contributed by atoms with E-state index in [1.165, 1.54) is 28.0 Å². The monoisotopic (exact) mass is 281 g/mol. The number of carbonyl (C=O) groups excluding carboxylic acids is 1. The predicted octanol–water partition coefficient (Wildman–Crippen LogP) is -1.39. The Morgan fingerprint density at radius 3 is 2.90 bits per heavy atom. The van der Waals surface area contributed by atoms with Gasteiger partial charge in [-0.05, 0) is 11.0 Å². The van der Waals surface area contributed by atoms with Gasteiger partial charge >= 0.3 is 5.95 Å². The molecule has 1 amide bonds. The van der Waals surface area contributed by atoms with E-state index in [4.69, 9.17) is 5.11 Å². The maximum absolute atomic E-state index is 11.5. The van der Waals surface area contributed by atoms with E-state index in [-0.39, 0.29) is 25.5 Å². The molecule has 0 aliphatic carbocycles. The molecule has 0 fully saturated rings. The molecule has 11 nitrogen and oxygen atoms in total. The number of aromatic nitrogens is 5. The van der Waals surface area contributed by atoms with Crippen LogP contribution in [-0.2, 0) is 6.67 Å². The van der Waals surface area contributed by atoms with Crippen molar-refractivity contribution in [2.24, 2.45) is 0 Å². The van der Waals surface area contributed by atoms with Crippen molar-refractivity contribution in [3.8, 4) is 0 Å². The highest BCUT2D eigenvalue weighted by Crippen LogP contribution is 2.01. The average molecular weight is 281 g/mol. The van der Waals surface area contributed by atoms with Gasteiger partial charge in [0.15, 0.2) is 6.67 Å². The van der Waals surface area contributed by atoms with Gasteiger partial charge < -0.3 is 20.5 Å². The van der Waals surface area contributed by atoms with Gasteiger partial charge in [-0.15, -0.1) is 0 Å². The summed E-state index contributed by atoms with van der Waals surface area (Å²) in [6, 6.07) is 1.48. The zero-order chi connectivity index (χ0) is 14.5. The molecule has 2 heterocycles. The van der Waals surface area contributed by atoms with Crippen LogP contribution in [0.25, 0.3) is 0 Å². The van der Waals surface area contributed by atoms with E-state index in [0.717, 1.165) is 0 Å². The van der Waals surface area contributed by atoms with E-state index < -0.39 is 16.8 Å². The maximum Gasteiger partial charge on any atom is 0.491 e. The first-order valence-electron chi connectivity index (χ1n) is 5.56. The van der Waals surface area contributed by atoms with Crippen molar-refractivity contribution in [2.75, 3.05) is 13.2 Å². The van der Waals surface area contributed by atoms with Crippen LogP contribution in [0.4, 0.5) is 5.95 Å². The van der Waals surface area contributed by atoms with Crippen molar-refractivity contribution in [2.45, 2.75) is 6.67 Å². The summed E-state index contributed by atoms with van der Waals surface area (Å²) < 4.78 is 2.60. The van der Waals surface area contributed by atoms with Crippen molar-refractivity contribution >= 4 is 11.9 Å². The van der Waals surface area contributed by atoms with Gasteiger partial charge in [-0.1, -0.05) is 4.98 Å². The number of rotatable bonds is 6. The van der Waals surface area contributed by atoms with Crippen molar-refractivity contribution < 1.29 is 14.8 Å². The lowest BCUT2D eigenvalue weighted by molar-refractivity contribution is -0.394. The molecule has 11 heteroatoms. The van der Waals surface area contributed by atoms with Crippen LogP contribution in [-0.4, -0.2) is 53.6 Å². The number of aliphatic hydroxyl groups excluding tert-OH is 1. The van der Waals surface area contributed by atoms with Gasteiger partial charge in [-0.3, -0.25) is 4.79 Å². The van der Waals surface area contributed by atoms with Gasteiger partial charge in [-0.25, -0.2) is 4.68 Å². The highest BCUT2D eigenvalue weighted by molar-refractivity contribution is 5.92. The minimum absolute atomic E-state index is 0.0914. The summed E-state index contributed by atoms with van der Waals surface area (Å²) >= 11 is 0. The summed E-state index contributed by atoms with van der Waals surface area (Å²) in [4.78, 5) is 24.8. The fourth-order valence-electron chi connectivity index (χ4n) is 1.41. The Hall–Kier alpha value is -2.82. The fraction of sp³-hybridized carbons (Fsp3) is 0.333. The molecular formula is C9H11N7O4. The van der Waals surface area contributed by atoms with Crippen LogP contribution in [0.1, 0.15) is 10.5 Å². The quantitative estimate of drug-likeness (QED) is 0.490. The molecule has 0 aliphatic heterocycles. The largest absolute Gasteiger partial charge is 0.491 e. The third-order valence-electron chi connectivity index (χ3n) is 2.25. The first-order chi connectivity index (χ1) is 9.60. The standard InChI is InChI=1S/C9H11N7O4/c17-4-2-10-8(18)7-1-3-14(12-7)6-15-5-11-9(13-15)16(19)20/h1,3,5,17H,2,4,6H2,(H,10,18). The second-order valence-electron chi connectivity index (χ2n) is 3.70. The van der Waals surface area contributed by atoms with Crippen LogP contribution in [0, 0.1) is 10.1 Å². The zero-order valence-corrected chi connectivity index (χ0v) is 10.2. The van der Waals surface area contributed by atoms with Crippen LogP contribution in [0.2, 0.25) is 0 Å². The molecule has 2 aromatic heterocycles. The Balaban J connectivity index is 2.01. The second-order valence-corrected chi connectivity index (χ2v) is 3.70. The van der Waals surface area contributed by atoms with Gasteiger partial charge in [0.1, 0.15) is 5.69 Å². The topological polar surface area (TPSA) is 141 Å². The number of nitrogens with one attached hydrogen (secondary N) is 1. The smallest absolute Gasteiger partial charge is 0.395 e. The molecule has 2 aromatic rings. The molecule has 0 saturated heterocycles. The van der Waals surface area contributed by atoms with Crippen molar-refractivity contribution in [1.29, 1.82) is 0 Å². The molecule has 0 radical (unpaired) electrons. The number of nitro groups is 1. The third kappa shape index (κ3) is 3.14. The number of aliphatic hydroxyl groups is 1. The van der Waals surface area contributed by atoms with Crippen LogP contribution >= 0.6 is 0 Å². The molecule has 2 rings (SSSR count). The maximum atomic E-state index is 11.5. The van der Waals surface area contributed by atoms with Gasteiger partial charge in [0.05, 0.1) is 6.61 Å². The number of amides is 1. The highest BCUT2D eigenvalue weighted by Gasteiger charge is 2.14. The fourth-order valence-corrected chi connectivity index (χ4v) is 1.41. The van der Waals surface area contributed by atoms with E-state index in [0.29, 0.717) is 0 Å². The Bertz CT molecular complexity index is 619. The number of carbonyl (C=O) groups is 1. The van der Waals surface area contributed by atoms with E-state index in [1.807, 2.05) is 0 Å². The first kappa shape index (κ1) is 13.6. The van der Waals surface area contributed by atoms with Gasteiger partial charge in [0, 0.05) is 17.8 Å². The first-order valence-corrected chi connectivity index (χ1v) is 5.56. The van der Waals surface area contributed by atoms with Crippen LogP contribution in [0.15, 0.2) is 18.6 Å². The van der Waals surface area contributed by atoms with E-state index in [9.17, 15) is 14.9 Å². The van der Waals surface area contributed by atoms with Crippen LogP contribution < -0.4 is 5.32 Å². The van der Waals surface area contributed by atoms with Gasteiger partial charge in [0.25, 0.3) is 5.91 Å². The van der Waals surface area contributed by atoms with Crippen LogP contribution in [0.3, 0.4) is 0 Å². The lowest BCUT2D eigenvalue weighted by atomic mass is 10.4. The van der Waals surface area contributed by atoms with Gasteiger partial charge in [0.2, 0.25) is 6.33 Å². The lowest BCUT2D eigenvalue weighted by Crippen LogP contribution is -2.27. The van der Waals surface area contributed by atoms with E-state index >= 15 is 0 Å². The number of nitrogens with zero attached hydrogens (tertiary/aromatic N) is 6. The average Bonchev–Trinajstić information content (AvgIpc) is 3.05. The highest BCUT2D eigenvalue weighted by atomic mass is 16.6. The normalized spacial score (nSPS) is 10.4. The molecule has 0 unspecified atom stereocenters. The summed E-state index contributed by atoms with van der Waals surface area (Å²) in [6.07, 6.45) is 2.73. The Morgan fingerprint density at radius 2 is 2.25 bits per heavy atom. The Kier molecular flexibility index (Phi) is 4.00. The van der Waals surface area contributed by atoms with E-state index in [1.54, 1.807) is 0 Å². The SMILES string of the molecule is O=C(NCCO)c1ccn(Cn2cnc([N+](=O)[O-])n2)n1. The minimum Gasteiger partial charge on any atom is -0.395 e. The summed E-state index contributed by atoms with van der Waals surface area (Å²) in [6.45, 7) is 0.0736. The van der Waals surface area contributed by atoms with Crippen molar-refractivity contribution in [3.63, 3.8) is 0 Å². The molecule has 20 heavy (non-hydrogen) atoms. The lowest BCUT2D eigenvalue weighted by Gasteiger charge is -1.99. The summed E-state index contributed by atoms with van der Waals surface area (Å²) in [5.74, 6) is -0.916. The molecule has 106 valence electrons. The predicted molar refractivity (Wildman–Crippen MR) is 63.7 cm³/mol. The van der Waals surface area contributed by atoms with Crippen LogP contribution in [0.5, 0.6) is 0 Å². The van der Waals surface area contributed by atoms with Crippen molar-refractivity contribution in [1.82, 2.24) is 29.9 Å². The molecule has 0 aliphatic rings. The molecular weight excluding hydrogens is 270 g/mol. The molecule has 0 bridgehead atoms. The number of hydrogen-bond acceptors (Lipinski definition) is 7. The third-order valence-corrected chi connectivity index (χ3v) is 2.25. The molecule has 0 spiro atoms. The summed E-state index contributed by atoms with van der Waals surface area (Å²) in [7, 11) is 0. The summed E-state index contributed by atoms with van der Waals surface area (Å²) in [5, 5.41) is 29.1. The van der Waals surface area contributed by atoms with Crippen molar-refractivity contribution in [3.05, 3.63) is 34.4 Å². The Labute approximate surface area is 112 Å².